The summed E-state index contributed by atoms with van der Waals surface area (Å²) in [7, 11) is 0. The lowest BCUT2D eigenvalue weighted by atomic mass is 9.97. The fourth-order valence-corrected chi connectivity index (χ4v) is 2.72. The molecule has 3 nitrogen and oxygen atoms in total. The maximum absolute atomic E-state index is 12.9. The fourth-order valence-electron chi connectivity index (χ4n) is 2.72. The highest BCUT2D eigenvalue weighted by Gasteiger charge is 2.23. The maximum atomic E-state index is 12.9. The molecule has 130 valence electrons. The molecule has 0 aromatic heterocycles. The van der Waals surface area contributed by atoms with Gasteiger partial charge in [0.25, 0.3) is 5.78 Å². The van der Waals surface area contributed by atoms with Gasteiger partial charge in [-0.15, -0.1) is 0 Å². The van der Waals surface area contributed by atoms with Gasteiger partial charge in [0, 0.05) is 16.7 Å². The molecule has 0 atom stereocenters. The van der Waals surface area contributed by atoms with E-state index in [-0.39, 0.29) is 11.5 Å². The van der Waals surface area contributed by atoms with Crippen LogP contribution >= 0.6 is 0 Å². The predicted octanol–water partition coefficient (Wildman–Crippen LogP) is 4.57. The Kier molecular flexibility index (Phi) is 6.09. The molecule has 0 spiro atoms. The van der Waals surface area contributed by atoms with Gasteiger partial charge >= 0.3 is 5.71 Å². The average Bonchev–Trinajstić information content (AvgIpc) is 2.74. The van der Waals surface area contributed by atoms with E-state index in [1.807, 2.05) is 66.7 Å². The standard InChI is InChI=1S/C24H18N2O/c25-26-23(18-16-20-11-5-2-6-12-20)24(27)22-14-8-7-13-21(22)17-15-19-9-3-1-4-10-19/h1-14H,16,18H2. The second kappa shape index (κ2) is 9.10. The van der Waals surface area contributed by atoms with E-state index >= 15 is 0 Å². The van der Waals surface area contributed by atoms with Crippen molar-refractivity contribution in [3.8, 4) is 11.8 Å². The minimum atomic E-state index is -0.300. The molecule has 0 heterocycles. The number of carbonyl (C=O) groups excluding carboxylic acids is 1. The Morgan fingerprint density at radius 1 is 0.815 bits per heavy atom. The smallest absolute Gasteiger partial charge is 0.339 e. The number of hydrogen-bond donors (Lipinski definition) is 0. The summed E-state index contributed by atoms with van der Waals surface area (Å²) in [6.07, 6.45) is 0.990. The van der Waals surface area contributed by atoms with Crippen molar-refractivity contribution in [1.82, 2.24) is 0 Å². The third kappa shape index (κ3) is 4.89. The Morgan fingerprint density at radius 2 is 1.44 bits per heavy atom. The van der Waals surface area contributed by atoms with E-state index in [9.17, 15) is 10.3 Å². The Labute approximate surface area is 158 Å². The van der Waals surface area contributed by atoms with Gasteiger partial charge < -0.3 is 5.53 Å². The van der Waals surface area contributed by atoms with Crippen LogP contribution in [-0.2, 0) is 6.42 Å². The van der Waals surface area contributed by atoms with E-state index in [0.717, 1.165) is 11.1 Å². The second-order valence-electron chi connectivity index (χ2n) is 6.02. The molecule has 0 aliphatic heterocycles. The average molecular weight is 350 g/mol. The van der Waals surface area contributed by atoms with Crippen molar-refractivity contribution in [2.24, 2.45) is 0 Å². The lowest BCUT2D eigenvalue weighted by Gasteiger charge is -2.02. The minimum absolute atomic E-state index is 0.132. The number of benzene rings is 3. The number of nitrogens with zero attached hydrogens (tertiary/aromatic N) is 2. The van der Waals surface area contributed by atoms with Crippen molar-refractivity contribution in [1.29, 1.82) is 0 Å². The number of Topliss-reactive ketones (excluding diaryl/α,β-unsaturated/α-hetero) is 1. The highest BCUT2D eigenvalue weighted by molar-refractivity contribution is 6.44. The van der Waals surface area contributed by atoms with Gasteiger partial charge in [-0.2, -0.15) is 4.79 Å². The zero-order valence-corrected chi connectivity index (χ0v) is 14.8. The van der Waals surface area contributed by atoms with Crippen molar-refractivity contribution in [2.75, 3.05) is 0 Å². The summed E-state index contributed by atoms with van der Waals surface area (Å²) in [4.78, 5) is 16.1. The highest BCUT2D eigenvalue weighted by atomic mass is 16.1. The lowest BCUT2D eigenvalue weighted by molar-refractivity contribution is -0.00906. The largest absolute Gasteiger partial charge is 0.361 e. The normalized spacial score (nSPS) is 9.63. The van der Waals surface area contributed by atoms with E-state index in [1.165, 1.54) is 0 Å². The molecule has 0 unspecified atom stereocenters. The number of carbonyl (C=O) groups is 1. The minimum Gasteiger partial charge on any atom is -0.361 e. The quantitative estimate of drug-likeness (QED) is 0.219. The lowest BCUT2D eigenvalue weighted by Crippen LogP contribution is -2.17. The Bertz CT molecular complexity index is 1040. The molecule has 3 rings (SSSR count). The third-order valence-corrected chi connectivity index (χ3v) is 4.16. The number of ketones is 1. The van der Waals surface area contributed by atoms with Crippen LogP contribution in [0.2, 0.25) is 0 Å². The summed E-state index contributed by atoms with van der Waals surface area (Å²) in [5, 5.41) is 0. The van der Waals surface area contributed by atoms with Crippen molar-refractivity contribution < 1.29 is 9.58 Å². The van der Waals surface area contributed by atoms with Crippen LogP contribution in [0, 0.1) is 11.8 Å². The van der Waals surface area contributed by atoms with E-state index < -0.39 is 0 Å². The van der Waals surface area contributed by atoms with Gasteiger partial charge in [0.05, 0.1) is 6.42 Å². The second-order valence-corrected chi connectivity index (χ2v) is 6.02. The van der Waals surface area contributed by atoms with Gasteiger partial charge in [-0.25, -0.2) is 0 Å². The summed E-state index contributed by atoms with van der Waals surface area (Å²) < 4.78 is 0. The Hall–Kier alpha value is -3.73. The summed E-state index contributed by atoms with van der Waals surface area (Å²) in [5.41, 5.74) is 12.5. The van der Waals surface area contributed by atoms with Gasteiger partial charge in [0.15, 0.2) is 0 Å². The number of rotatable bonds is 5. The SMILES string of the molecule is [N-]=[N+]=C(CCc1ccccc1)C(=O)c1ccccc1C#Cc1ccccc1. The van der Waals surface area contributed by atoms with Crippen LogP contribution in [0.1, 0.15) is 33.5 Å². The summed E-state index contributed by atoms with van der Waals surface area (Å²) in [6.45, 7) is 0. The van der Waals surface area contributed by atoms with Crippen LogP contribution in [0.15, 0.2) is 84.9 Å². The molecule has 3 aromatic rings. The molecular weight excluding hydrogens is 332 g/mol. The summed E-state index contributed by atoms with van der Waals surface area (Å²) in [6, 6.07) is 26.5. The highest BCUT2D eigenvalue weighted by Crippen LogP contribution is 2.12. The van der Waals surface area contributed by atoms with Crippen LogP contribution in [0.3, 0.4) is 0 Å². The van der Waals surface area contributed by atoms with Crippen molar-refractivity contribution in [2.45, 2.75) is 12.8 Å². The van der Waals surface area contributed by atoms with Gasteiger partial charge in [-0.05, 0) is 36.2 Å². The van der Waals surface area contributed by atoms with Crippen LogP contribution in [0.25, 0.3) is 5.53 Å². The van der Waals surface area contributed by atoms with Crippen molar-refractivity contribution in [3.05, 3.63) is 113 Å². The van der Waals surface area contributed by atoms with Crippen molar-refractivity contribution >= 4 is 11.5 Å². The molecule has 3 heteroatoms. The maximum Gasteiger partial charge on any atom is 0.339 e. The first-order valence-electron chi connectivity index (χ1n) is 8.73. The van der Waals surface area contributed by atoms with Crippen molar-refractivity contribution in [3.63, 3.8) is 0 Å². The van der Waals surface area contributed by atoms with Crippen LogP contribution in [0.4, 0.5) is 0 Å². The topological polar surface area (TPSA) is 53.5 Å². The molecule has 0 bridgehead atoms. The number of aryl methyl sites for hydroxylation is 1. The van der Waals surface area contributed by atoms with Gasteiger partial charge in [-0.1, -0.05) is 72.5 Å². The first kappa shape index (κ1) is 18.1. The first-order chi connectivity index (χ1) is 13.3. The molecule has 0 amide bonds. The molecule has 0 aliphatic carbocycles. The first-order valence-corrected chi connectivity index (χ1v) is 8.73. The van der Waals surface area contributed by atoms with Crippen LogP contribution in [0.5, 0.6) is 0 Å². The molecular formula is C24H18N2O. The summed E-state index contributed by atoms with van der Waals surface area (Å²) in [5.74, 6) is 5.82. The van der Waals surface area contributed by atoms with E-state index in [4.69, 9.17) is 0 Å². The van der Waals surface area contributed by atoms with Gasteiger partial charge in [-0.3, -0.25) is 4.79 Å². The summed E-state index contributed by atoms with van der Waals surface area (Å²) >= 11 is 0. The molecule has 0 aliphatic rings. The molecule has 27 heavy (non-hydrogen) atoms. The Balaban J connectivity index is 1.82. The molecule has 0 fully saturated rings. The fraction of sp³-hybridized carbons (Fsp3) is 0.0833. The molecule has 0 saturated carbocycles. The zero-order chi connectivity index (χ0) is 18.9. The monoisotopic (exact) mass is 350 g/mol. The van der Waals surface area contributed by atoms with Gasteiger partial charge in [0.1, 0.15) is 0 Å². The van der Waals surface area contributed by atoms with E-state index in [2.05, 4.69) is 16.6 Å². The third-order valence-electron chi connectivity index (χ3n) is 4.16. The van der Waals surface area contributed by atoms with Gasteiger partial charge in [0.2, 0.25) is 0 Å². The van der Waals surface area contributed by atoms with E-state index in [1.54, 1.807) is 18.2 Å². The van der Waals surface area contributed by atoms with E-state index in [0.29, 0.717) is 24.0 Å². The predicted molar refractivity (Wildman–Crippen MR) is 107 cm³/mol. The Morgan fingerprint density at radius 3 is 2.15 bits per heavy atom. The molecule has 0 saturated heterocycles. The zero-order valence-electron chi connectivity index (χ0n) is 14.8. The molecule has 3 aromatic carbocycles. The van der Waals surface area contributed by atoms with Crippen LogP contribution in [-0.4, -0.2) is 16.3 Å². The number of hydrogen-bond acceptors (Lipinski definition) is 1. The molecule has 0 radical (unpaired) electrons. The molecule has 0 N–H and O–H groups in total. The van der Waals surface area contributed by atoms with Crippen LogP contribution < -0.4 is 0 Å².